The lowest BCUT2D eigenvalue weighted by molar-refractivity contribution is -0.115. The molecule has 4 rings (SSSR count). The quantitative estimate of drug-likeness (QED) is 0.640. The normalized spacial score (nSPS) is 13.5. The highest BCUT2D eigenvalue weighted by molar-refractivity contribution is 5.99. The number of rotatable bonds is 6. The Hall–Kier alpha value is -3.94. The molecular weight excluding hydrogens is 392 g/mol. The first-order valence-corrected chi connectivity index (χ1v) is 10.2. The minimum Gasteiger partial charge on any atom is -0.368 e. The molecule has 31 heavy (non-hydrogen) atoms. The van der Waals surface area contributed by atoms with Crippen LogP contribution in [0.5, 0.6) is 0 Å². The van der Waals surface area contributed by atoms with Gasteiger partial charge in [0.1, 0.15) is 18.0 Å². The predicted octanol–water partition coefficient (Wildman–Crippen LogP) is 2.17. The van der Waals surface area contributed by atoms with E-state index >= 15 is 0 Å². The molecule has 1 fully saturated rings. The van der Waals surface area contributed by atoms with Crippen LogP contribution in [0.1, 0.15) is 10.4 Å². The molecule has 0 atom stereocenters. The summed E-state index contributed by atoms with van der Waals surface area (Å²) in [4.78, 5) is 37.3. The van der Waals surface area contributed by atoms with E-state index in [2.05, 4.69) is 42.5 Å². The molecule has 8 nitrogen and oxygen atoms in total. The molecule has 1 aliphatic heterocycles. The van der Waals surface area contributed by atoms with E-state index in [-0.39, 0.29) is 18.4 Å². The van der Waals surface area contributed by atoms with E-state index in [0.29, 0.717) is 11.4 Å². The highest BCUT2D eigenvalue weighted by Gasteiger charge is 2.19. The summed E-state index contributed by atoms with van der Waals surface area (Å²) >= 11 is 0. The Labute approximate surface area is 180 Å². The van der Waals surface area contributed by atoms with Gasteiger partial charge in [0.05, 0.1) is 6.54 Å². The highest BCUT2D eigenvalue weighted by Crippen LogP contribution is 2.20. The lowest BCUT2D eigenvalue weighted by Crippen LogP contribution is -2.46. The van der Waals surface area contributed by atoms with Crippen molar-refractivity contribution in [1.29, 1.82) is 0 Å². The van der Waals surface area contributed by atoms with Crippen LogP contribution in [0.3, 0.4) is 0 Å². The summed E-state index contributed by atoms with van der Waals surface area (Å²) in [6, 6.07) is 20.9. The number of carbonyl (C=O) groups excluding carboxylic acids is 2. The molecule has 2 N–H and O–H groups in total. The lowest BCUT2D eigenvalue weighted by Gasteiger charge is -2.36. The van der Waals surface area contributed by atoms with Crippen molar-refractivity contribution < 1.29 is 9.59 Å². The van der Waals surface area contributed by atoms with Crippen molar-refractivity contribution in [2.24, 2.45) is 0 Å². The van der Waals surface area contributed by atoms with Gasteiger partial charge in [-0.1, -0.05) is 36.4 Å². The maximum atomic E-state index is 12.2. The summed E-state index contributed by atoms with van der Waals surface area (Å²) in [6.45, 7) is 3.30. The number of hydrogen-bond donors (Lipinski definition) is 2. The van der Waals surface area contributed by atoms with Gasteiger partial charge in [-0.3, -0.25) is 9.59 Å². The van der Waals surface area contributed by atoms with E-state index in [1.807, 2.05) is 24.3 Å². The van der Waals surface area contributed by atoms with Gasteiger partial charge in [-0.25, -0.2) is 9.97 Å². The molecule has 158 valence electrons. The smallest absolute Gasteiger partial charge is 0.251 e. The Balaban J connectivity index is 1.29. The zero-order valence-corrected chi connectivity index (χ0v) is 17.1. The van der Waals surface area contributed by atoms with Gasteiger partial charge in [0.2, 0.25) is 5.91 Å². The second-order valence-electron chi connectivity index (χ2n) is 7.17. The van der Waals surface area contributed by atoms with Gasteiger partial charge in [-0.15, -0.1) is 0 Å². The summed E-state index contributed by atoms with van der Waals surface area (Å²) in [5.41, 5.74) is 1.73. The number of nitrogens with zero attached hydrogens (tertiary/aromatic N) is 4. The Morgan fingerprint density at radius 3 is 2.19 bits per heavy atom. The Bertz CT molecular complexity index is 1020. The van der Waals surface area contributed by atoms with Gasteiger partial charge in [0.15, 0.2) is 0 Å². The first kappa shape index (κ1) is 20.3. The van der Waals surface area contributed by atoms with E-state index in [4.69, 9.17) is 0 Å². The van der Waals surface area contributed by atoms with Crippen LogP contribution in [-0.4, -0.2) is 54.5 Å². The number of anilines is 3. The summed E-state index contributed by atoms with van der Waals surface area (Å²) in [7, 11) is 0. The van der Waals surface area contributed by atoms with E-state index in [1.54, 1.807) is 30.3 Å². The molecule has 2 aromatic carbocycles. The number of amides is 2. The standard InChI is InChI=1S/C23H24N6O2/c30-22(16-24-23(31)18-7-3-1-4-8-18)27-20-15-21(26-17-25-20)29-13-11-28(12-14-29)19-9-5-2-6-10-19/h1-10,15,17H,11-14,16H2,(H,24,31)(H,25,26,27,30). The third-order valence-electron chi connectivity index (χ3n) is 5.09. The molecule has 0 aliphatic carbocycles. The van der Waals surface area contributed by atoms with Crippen LogP contribution in [0.15, 0.2) is 73.1 Å². The Morgan fingerprint density at radius 2 is 1.48 bits per heavy atom. The fourth-order valence-corrected chi connectivity index (χ4v) is 3.46. The maximum Gasteiger partial charge on any atom is 0.251 e. The molecule has 0 bridgehead atoms. The summed E-state index contributed by atoms with van der Waals surface area (Å²) in [5.74, 6) is 0.541. The summed E-state index contributed by atoms with van der Waals surface area (Å²) in [5, 5.41) is 5.33. The van der Waals surface area contributed by atoms with Crippen molar-refractivity contribution in [2.75, 3.05) is 47.8 Å². The van der Waals surface area contributed by atoms with Crippen molar-refractivity contribution in [2.45, 2.75) is 0 Å². The van der Waals surface area contributed by atoms with Crippen molar-refractivity contribution in [3.05, 3.63) is 78.6 Å². The molecule has 0 unspecified atom stereocenters. The molecule has 0 saturated carbocycles. The first-order valence-electron chi connectivity index (χ1n) is 10.2. The number of nitrogens with one attached hydrogen (secondary N) is 2. The van der Waals surface area contributed by atoms with Crippen LogP contribution in [0, 0.1) is 0 Å². The number of benzene rings is 2. The molecule has 1 aliphatic rings. The molecule has 1 saturated heterocycles. The monoisotopic (exact) mass is 416 g/mol. The lowest BCUT2D eigenvalue weighted by atomic mass is 10.2. The van der Waals surface area contributed by atoms with Crippen LogP contribution >= 0.6 is 0 Å². The van der Waals surface area contributed by atoms with Crippen LogP contribution < -0.4 is 20.4 Å². The van der Waals surface area contributed by atoms with Crippen molar-refractivity contribution >= 4 is 29.1 Å². The number of aromatic nitrogens is 2. The minimum atomic E-state index is -0.345. The van der Waals surface area contributed by atoms with Crippen LogP contribution in [0.25, 0.3) is 0 Å². The van der Waals surface area contributed by atoms with Gasteiger partial charge in [-0.2, -0.15) is 0 Å². The second kappa shape index (κ2) is 9.71. The largest absolute Gasteiger partial charge is 0.368 e. The fourth-order valence-electron chi connectivity index (χ4n) is 3.46. The molecule has 3 aromatic rings. The van der Waals surface area contributed by atoms with Gasteiger partial charge in [0.25, 0.3) is 5.91 Å². The van der Waals surface area contributed by atoms with Crippen molar-refractivity contribution in [1.82, 2.24) is 15.3 Å². The molecule has 2 amide bonds. The molecular formula is C23H24N6O2. The van der Waals surface area contributed by atoms with Crippen molar-refractivity contribution in [3.8, 4) is 0 Å². The number of piperazine rings is 1. The van der Waals surface area contributed by atoms with E-state index in [9.17, 15) is 9.59 Å². The van der Waals surface area contributed by atoms with Crippen LogP contribution in [0.2, 0.25) is 0 Å². The molecule has 2 heterocycles. The number of carbonyl (C=O) groups is 2. The fraction of sp³-hybridized carbons (Fsp3) is 0.217. The predicted molar refractivity (Wildman–Crippen MR) is 120 cm³/mol. The number of para-hydroxylation sites is 1. The van der Waals surface area contributed by atoms with Gasteiger partial charge in [-0.05, 0) is 24.3 Å². The third-order valence-corrected chi connectivity index (χ3v) is 5.09. The minimum absolute atomic E-state index is 0.136. The average Bonchev–Trinajstić information content (AvgIpc) is 2.84. The highest BCUT2D eigenvalue weighted by atomic mass is 16.2. The maximum absolute atomic E-state index is 12.2. The topological polar surface area (TPSA) is 90.5 Å². The Morgan fingerprint density at radius 1 is 0.839 bits per heavy atom. The van der Waals surface area contributed by atoms with Crippen LogP contribution in [-0.2, 0) is 4.79 Å². The summed E-state index contributed by atoms with van der Waals surface area (Å²) < 4.78 is 0. The Kier molecular flexibility index (Phi) is 6.37. The number of hydrogen-bond acceptors (Lipinski definition) is 6. The zero-order chi connectivity index (χ0) is 21.5. The average molecular weight is 416 g/mol. The van der Waals surface area contributed by atoms with Gasteiger partial charge >= 0.3 is 0 Å². The van der Waals surface area contributed by atoms with Crippen LogP contribution in [0.4, 0.5) is 17.3 Å². The van der Waals surface area contributed by atoms with Crippen molar-refractivity contribution in [3.63, 3.8) is 0 Å². The van der Waals surface area contributed by atoms with Gasteiger partial charge < -0.3 is 20.4 Å². The van der Waals surface area contributed by atoms with E-state index in [0.717, 1.165) is 32.0 Å². The van der Waals surface area contributed by atoms with E-state index in [1.165, 1.54) is 12.0 Å². The molecule has 0 spiro atoms. The van der Waals surface area contributed by atoms with E-state index < -0.39 is 0 Å². The second-order valence-corrected chi connectivity index (χ2v) is 7.17. The summed E-state index contributed by atoms with van der Waals surface area (Å²) in [6.07, 6.45) is 1.44. The molecule has 8 heteroatoms. The molecule has 1 aromatic heterocycles. The van der Waals surface area contributed by atoms with Gasteiger partial charge in [0, 0.05) is 43.5 Å². The third kappa shape index (κ3) is 5.36. The zero-order valence-electron chi connectivity index (χ0n) is 17.1. The molecule has 0 radical (unpaired) electrons. The first-order chi connectivity index (χ1) is 15.2. The SMILES string of the molecule is O=C(CNC(=O)c1ccccc1)Nc1cc(N2CCN(c3ccccc3)CC2)ncn1.